The van der Waals surface area contributed by atoms with E-state index in [-0.39, 0.29) is 6.03 Å². The van der Waals surface area contributed by atoms with Gasteiger partial charge in [-0.3, -0.25) is 4.90 Å². The molecule has 20 heavy (non-hydrogen) atoms. The summed E-state index contributed by atoms with van der Waals surface area (Å²) < 4.78 is 5.47. The number of fused-ring (bicyclic) bond motifs is 1. The number of rotatable bonds is 1. The van der Waals surface area contributed by atoms with Crippen LogP contribution >= 0.6 is 11.6 Å². The first kappa shape index (κ1) is 12.7. The molecule has 2 aromatic rings. The van der Waals surface area contributed by atoms with Crippen LogP contribution in [0.2, 0.25) is 5.02 Å². The minimum atomic E-state index is -0.240. The van der Waals surface area contributed by atoms with E-state index in [2.05, 4.69) is 10.3 Å². The van der Waals surface area contributed by atoms with Gasteiger partial charge in [-0.1, -0.05) is 11.6 Å². The third kappa shape index (κ3) is 2.53. The highest BCUT2D eigenvalue weighted by molar-refractivity contribution is 6.30. The Morgan fingerprint density at radius 1 is 1.30 bits per heavy atom. The number of aromatic nitrogens is 1. The molecule has 1 N–H and O–H groups in total. The van der Waals surface area contributed by atoms with E-state index in [9.17, 15) is 4.79 Å². The minimum absolute atomic E-state index is 0.240. The number of carbonyl (C=O) groups excluding carboxylic acids is 1. The van der Waals surface area contributed by atoms with E-state index in [4.69, 9.17) is 16.3 Å². The molecule has 1 aromatic carbocycles. The molecule has 1 aliphatic rings. The first-order valence-electron chi connectivity index (χ1n) is 6.16. The Morgan fingerprint density at radius 2 is 2.10 bits per heavy atom. The summed E-state index contributed by atoms with van der Waals surface area (Å²) in [5.74, 6) is 1.15. The van der Waals surface area contributed by atoms with Crippen LogP contribution < -0.4 is 15.0 Å². The molecule has 0 spiro atoms. The van der Waals surface area contributed by atoms with E-state index in [1.54, 1.807) is 47.5 Å². The normalized spacial score (nSPS) is 13.3. The number of urea groups is 1. The Hall–Kier alpha value is -2.27. The van der Waals surface area contributed by atoms with Crippen molar-refractivity contribution in [1.29, 1.82) is 0 Å². The molecule has 1 aliphatic heterocycles. The second kappa shape index (κ2) is 5.38. The number of ether oxygens (including phenoxy) is 1. The van der Waals surface area contributed by atoms with Crippen LogP contribution in [0.1, 0.15) is 0 Å². The molecule has 0 bridgehead atoms. The Balaban J connectivity index is 1.80. The predicted molar refractivity (Wildman–Crippen MR) is 77.5 cm³/mol. The topological polar surface area (TPSA) is 54.5 Å². The van der Waals surface area contributed by atoms with Gasteiger partial charge in [-0.2, -0.15) is 0 Å². The highest BCUT2D eigenvalue weighted by Gasteiger charge is 2.24. The van der Waals surface area contributed by atoms with Gasteiger partial charge in [-0.05, 0) is 36.4 Å². The van der Waals surface area contributed by atoms with Gasteiger partial charge in [0, 0.05) is 16.9 Å². The van der Waals surface area contributed by atoms with Crippen LogP contribution in [-0.4, -0.2) is 24.2 Å². The second-order valence-corrected chi connectivity index (χ2v) is 4.70. The lowest BCUT2D eigenvalue weighted by atomic mass is 10.3. The molecule has 0 atom stereocenters. The summed E-state index contributed by atoms with van der Waals surface area (Å²) in [5.41, 5.74) is 0.684. The molecule has 0 fully saturated rings. The van der Waals surface area contributed by atoms with Crippen molar-refractivity contribution in [3.8, 4) is 5.75 Å². The maximum Gasteiger partial charge on any atom is 0.327 e. The van der Waals surface area contributed by atoms with Crippen LogP contribution in [0.4, 0.5) is 16.3 Å². The summed E-state index contributed by atoms with van der Waals surface area (Å²) in [6.45, 7) is 0.913. The van der Waals surface area contributed by atoms with E-state index in [0.717, 1.165) is 0 Å². The number of nitrogens with zero attached hydrogens (tertiary/aromatic N) is 2. The monoisotopic (exact) mass is 289 g/mol. The average molecular weight is 290 g/mol. The van der Waals surface area contributed by atoms with E-state index < -0.39 is 0 Å². The Kier molecular flexibility index (Phi) is 3.43. The zero-order valence-corrected chi connectivity index (χ0v) is 11.3. The summed E-state index contributed by atoms with van der Waals surface area (Å²) in [6, 6.07) is 10.3. The van der Waals surface area contributed by atoms with Crippen LogP contribution in [0.5, 0.6) is 5.75 Å². The standard InChI is InChI=1S/C14H12ClN3O2/c15-10-3-5-11(6-4-10)17-14(19)18-8-9-20-12-2-1-7-16-13(12)18/h1-7H,8-9H2,(H,17,19). The Morgan fingerprint density at radius 3 is 2.90 bits per heavy atom. The van der Waals surface area contributed by atoms with Gasteiger partial charge < -0.3 is 10.1 Å². The lowest BCUT2D eigenvalue weighted by molar-refractivity contribution is 0.249. The summed E-state index contributed by atoms with van der Waals surface area (Å²) in [6.07, 6.45) is 1.64. The van der Waals surface area contributed by atoms with Crippen LogP contribution in [-0.2, 0) is 0 Å². The van der Waals surface area contributed by atoms with Crippen molar-refractivity contribution in [2.45, 2.75) is 0 Å². The van der Waals surface area contributed by atoms with Crippen molar-refractivity contribution >= 4 is 29.1 Å². The van der Waals surface area contributed by atoms with Gasteiger partial charge in [-0.15, -0.1) is 0 Å². The van der Waals surface area contributed by atoms with Gasteiger partial charge in [0.25, 0.3) is 0 Å². The lowest BCUT2D eigenvalue weighted by Gasteiger charge is -2.28. The minimum Gasteiger partial charge on any atom is -0.488 e. The van der Waals surface area contributed by atoms with Gasteiger partial charge in [-0.25, -0.2) is 9.78 Å². The molecule has 5 nitrogen and oxygen atoms in total. The fourth-order valence-corrected chi connectivity index (χ4v) is 2.10. The van der Waals surface area contributed by atoms with Gasteiger partial charge in [0.15, 0.2) is 11.6 Å². The molecular formula is C14H12ClN3O2. The molecule has 0 unspecified atom stereocenters. The Labute approximate surface area is 121 Å². The predicted octanol–water partition coefficient (Wildman–Crippen LogP) is 3.17. The molecule has 0 radical (unpaired) electrons. The zero-order chi connectivity index (χ0) is 13.9. The molecule has 6 heteroatoms. The highest BCUT2D eigenvalue weighted by Crippen LogP contribution is 2.28. The molecule has 2 amide bonds. The van der Waals surface area contributed by atoms with Crippen molar-refractivity contribution in [2.24, 2.45) is 0 Å². The van der Waals surface area contributed by atoms with Crippen LogP contribution in [0.3, 0.4) is 0 Å². The first-order valence-corrected chi connectivity index (χ1v) is 6.54. The van der Waals surface area contributed by atoms with Crippen molar-refractivity contribution in [2.75, 3.05) is 23.4 Å². The number of hydrogen-bond donors (Lipinski definition) is 1. The lowest BCUT2D eigenvalue weighted by Crippen LogP contribution is -2.41. The highest BCUT2D eigenvalue weighted by atomic mass is 35.5. The summed E-state index contributed by atoms with van der Waals surface area (Å²) in [7, 11) is 0. The SMILES string of the molecule is O=C(Nc1ccc(Cl)cc1)N1CCOc2cccnc21. The summed E-state index contributed by atoms with van der Waals surface area (Å²) in [4.78, 5) is 18.1. The molecule has 2 heterocycles. The Bertz CT molecular complexity index is 631. The third-order valence-corrected chi connectivity index (χ3v) is 3.17. The van der Waals surface area contributed by atoms with Crippen LogP contribution in [0, 0.1) is 0 Å². The maximum atomic E-state index is 12.3. The second-order valence-electron chi connectivity index (χ2n) is 4.26. The maximum absolute atomic E-state index is 12.3. The van der Waals surface area contributed by atoms with E-state index in [0.29, 0.717) is 35.4 Å². The number of anilines is 2. The number of benzene rings is 1. The number of pyridine rings is 1. The summed E-state index contributed by atoms with van der Waals surface area (Å²) >= 11 is 5.81. The quantitative estimate of drug-likeness (QED) is 0.877. The first-order chi connectivity index (χ1) is 9.74. The van der Waals surface area contributed by atoms with Crippen molar-refractivity contribution in [3.63, 3.8) is 0 Å². The molecule has 1 aromatic heterocycles. The number of nitrogens with one attached hydrogen (secondary N) is 1. The third-order valence-electron chi connectivity index (χ3n) is 2.92. The molecule has 3 rings (SSSR count). The van der Waals surface area contributed by atoms with Crippen molar-refractivity contribution in [1.82, 2.24) is 4.98 Å². The van der Waals surface area contributed by atoms with Crippen LogP contribution in [0.15, 0.2) is 42.6 Å². The molecule has 0 saturated heterocycles. The molecule has 0 saturated carbocycles. The number of hydrogen-bond acceptors (Lipinski definition) is 3. The van der Waals surface area contributed by atoms with Crippen molar-refractivity contribution < 1.29 is 9.53 Å². The summed E-state index contributed by atoms with van der Waals surface area (Å²) in [5, 5.41) is 3.44. The molecule has 102 valence electrons. The fraction of sp³-hybridized carbons (Fsp3) is 0.143. The van der Waals surface area contributed by atoms with Crippen LogP contribution in [0.25, 0.3) is 0 Å². The van der Waals surface area contributed by atoms with Gasteiger partial charge >= 0.3 is 6.03 Å². The van der Waals surface area contributed by atoms with Crippen molar-refractivity contribution in [3.05, 3.63) is 47.6 Å². The average Bonchev–Trinajstić information content (AvgIpc) is 2.49. The fourth-order valence-electron chi connectivity index (χ4n) is 1.97. The van der Waals surface area contributed by atoms with Gasteiger partial charge in [0.1, 0.15) is 6.61 Å². The van der Waals surface area contributed by atoms with Gasteiger partial charge in [0.05, 0.1) is 6.54 Å². The smallest absolute Gasteiger partial charge is 0.327 e. The van der Waals surface area contributed by atoms with E-state index >= 15 is 0 Å². The van der Waals surface area contributed by atoms with E-state index in [1.807, 2.05) is 0 Å². The number of halogens is 1. The van der Waals surface area contributed by atoms with E-state index in [1.165, 1.54) is 0 Å². The molecule has 0 aliphatic carbocycles. The molecular weight excluding hydrogens is 278 g/mol. The largest absolute Gasteiger partial charge is 0.488 e. The zero-order valence-electron chi connectivity index (χ0n) is 10.5. The van der Waals surface area contributed by atoms with Gasteiger partial charge in [0.2, 0.25) is 0 Å². The number of carbonyl (C=O) groups is 1. The number of amides is 2.